The monoisotopic (exact) mass is 826 g/mol. The van der Waals surface area contributed by atoms with Crippen LogP contribution in [0.2, 0.25) is 0 Å². The Morgan fingerprint density at radius 3 is 1.97 bits per heavy atom. The Bertz CT molecular complexity index is 1720. The maximum atomic E-state index is 13.6. The summed E-state index contributed by atoms with van der Waals surface area (Å²) in [7, 11) is 1.34. The Morgan fingerprint density at radius 1 is 0.690 bits per heavy atom. The zero-order chi connectivity index (χ0) is 42.4. The fraction of sp³-hybridized carbons (Fsp3) is 0.579. The van der Waals surface area contributed by atoms with Crippen molar-refractivity contribution < 1.29 is 98.2 Å². The average Bonchev–Trinajstić information content (AvgIpc) is 3.19. The fourth-order valence-electron chi connectivity index (χ4n) is 6.54. The normalized spacial score (nSPS) is 35.4. The van der Waals surface area contributed by atoms with Crippen molar-refractivity contribution >= 4 is 18.0 Å². The molecule has 3 aliphatic rings. The van der Waals surface area contributed by atoms with Gasteiger partial charge in [0.1, 0.15) is 48.8 Å². The van der Waals surface area contributed by atoms with Crippen LogP contribution in [0.3, 0.4) is 0 Å². The predicted octanol–water partition coefficient (Wildman–Crippen LogP) is -1.29. The van der Waals surface area contributed by atoms with Crippen LogP contribution in [0.15, 0.2) is 42.5 Å². The highest BCUT2D eigenvalue weighted by Crippen LogP contribution is 2.35. The van der Waals surface area contributed by atoms with E-state index in [2.05, 4.69) is 0 Å². The van der Waals surface area contributed by atoms with Gasteiger partial charge in [0.05, 0.1) is 32.5 Å². The van der Waals surface area contributed by atoms with Crippen molar-refractivity contribution in [1.29, 1.82) is 0 Å². The summed E-state index contributed by atoms with van der Waals surface area (Å²) in [5.74, 6) is -2.67. The number of rotatable bonds is 14. The van der Waals surface area contributed by atoms with Gasteiger partial charge in [0.2, 0.25) is 0 Å². The van der Waals surface area contributed by atoms with Crippen molar-refractivity contribution in [3.8, 4) is 23.0 Å². The zero-order valence-corrected chi connectivity index (χ0v) is 31.9. The summed E-state index contributed by atoms with van der Waals surface area (Å²) in [6.07, 6.45) is -21.0. The molecule has 322 valence electrons. The SMILES string of the molecule is COc1cc(C=CC(=O)OC2C(COC3OC(C)C(O)C(O)C3O)OC(OCCc3ccc(O)c(O)c3)C(OC(C)=O)C2OC2OC(C)C(O)C(O)C2O)ccc1O. The molecule has 15 atom stereocenters. The molecule has 15 unspecified atom stereocenters. The minimum Gasteiger partial charge on any atom is -0.504 e. The number of aliphatic hydroxyl groups excluding tert-OH is 6. The number of esters is 2. The molecule has 2 aromatic rings. The van der Waals surface area contributed by atoms with Crippen molar-refractivity contribution in [2.45, 2.75) is 119 Å². The topological polar surface area (TPSA) is 299 Å². The second-order valence-electron chi connectivity index (χ2n) is 14.0. The molecule has 3 heterocycles. The van der Waals surface area contributed by atoms with Crippen molar-refractivity contribution in [3.05, 3.63) is 53.6 Å². The molecule has 2 aromatic carbocycles. The van der Waals surface area contributed by atoms with Gasteiger partial charge in [0.15, 0.2) is 54.1 Å². The Kier molecular flexibility index (Phi) is 15.3. The molecule has 3 aliphatic heterocycles. The number of hydrogen-bond acceptors (Lipinski definition) is 20. The van der Waals surface area contributed by atoms with Crippen LogP contribution in [0.5, 0.6) is 23.0 Å². The lowest BCUT2D eigenvalue weighted by Crippen LogP contribution is -2.66. The third kappa shape index (κ3) is 10.7. The van der Waals surface area contributed by atoms with Gasteiger partial charge >= 0.3 is 11.9 Å². The van der Waals surface area contributed by atoms with Gasteiger partial charge in [-0.25, -0.2) is 4.79 Å². The Morgan fingerprint density at radius 2 is 1.33 bits per heavy atom. The molecule has 5 rings (SSSR count). The van der Waals surface area contributed by atoms with Crippen molar-refractivity contribution in [3.63, 3.8) is 0 Å². The lowest BCUT2D eigenvalue weighted by atomic mass is 9.96. The Hall–Kier alpha value is -4.16. The number of carbonyl (C=O) groups excluding carboxylic acids is 2. The van der Waals surface area contributed by atoms with E-state index in [1.54, 1.807) is 0 Å². The molecular formula is C38H50O20. The molecular weight excluding hydrogens is 776 g/mol. The highest BCUT2D eigenvalue weighted by Gasteiger charge is 2.55. The van der Waals surface area contributed by atoms with Crippen LogP contribution in [0, 0.1) is 0 Å². The summed E-state index contributed by atoms with van der Waals surface area (Å²) in [6, 6.07) is 8.35. The predicted molar refractivity (Wildman–Crippen MR) is 193 cm³/mol. The standard InChI is InChI=1S/C38H50O20/c1-16-27(44)29(46)31(48)36(53-16)52-15-25-33(57-26(43)10-7-19-6-9-22(41)24(14-19)50-4)34(58-37-32(49)30(47)28(45)17(2)54-37)35(55-18(3)39)38(56-25)51-12-11-20-5-8-21(40)23(42)13-20/h5-10,13-14,16-17,25,27-38,40-42,44-49H,11-12,15H2,1-4H3. The lowest BCUT2D eigenvalue weighted by molar-refractivity contribution is -0.364. The van der Waals surface area contributed by atoms with Crippen molar-refractivity contribution in [1.82, 2.24) is 0 Å². The summed E-state index contributed by atoms with van der Waals surface area (Å²) in [4.78, 5) is 26.2. The Labute approximate surface area is 332 Å². The van der Waals surface area contributed by atoms with Gasteiger partial charge in [-0.15, -0.1) is 0 Å². The second-order valence-corrected chi connectivity index (χ2v) is 14.0. The highest BCUT2D eigenvalue weighted by molar-refractivity contribution is 5.87. The number of phenols is 3. The molecule has 0 saturated carbocycles. The van der Waals surface area contributed by atoms with E-state index >= 15 is 0 Å². The largest absolute Gasteiger partial charge is 0.504 e. The quantitative estimate of drug-likeness (QED) is 0.0608. The van der Waals surface area contributed by atoms with E-state index in [0.717, 1.165) is 13.0 Å². The van der Waals surface area contributed by atoms with Crippen molar-refractivity contribution in [2.24, 2.45) is 0 Å². The van der Waals surface area contributed by atoms with Gasteiger partial charge in [-0.05, 0) is 61.7 Å². The maximum Gasteiger partial charge on any atom is 0.331 e. The molecule has 20 nitrogen and oxygen atoms in total. The van der Waals surface area contributed by atoms with Gasteiger partial charge in [0.25, 0.3) is 0 Å². The minimum atomic E-state index is -1.89. The fourth-order valence-corrected chi connectivity index (χ4v) is 6.54. The highest BCUT2D eigenvalue weighted by atomic mass is 16.8. The number of methoxy groups -OCH3 is 1. The van der Waals surface area contributed by atoms with Crippen LogP contribution in [0.25, 0.3) is 6.08 Å². The molecule has 0 spiro atoms. The van der Waals surface area contributed by atoms with Crippen LogP contribution in [-0.2, 0) is 53.9 Å². The van der Waals surface area contributed by atoms with E-state index in [9.17, 15) is 55.5 Å². The molecule has 58 heavy (non-hydrogen) atoms. The van der Waals surface area contributed by atoms with E-state index in [1.165, 1.54) is 63.4 Å². The van der Waals surface area contributed by atoms with Gasteiger partial charge < -0.3 is 88.6 Å². The lowest BCUT2D eigenvalue weighted by Gasteiger charge is -2.48. The number of carbonyl (C=O) groups is 2. The van der Waals surface area contributed by atoms with Crippen LogP contribution in [-0.4, -0.2) is 170 Å². The summed E-state index contributed by atoms with van der Waals surface area (Å²) in [5.41, 5.74) is 0.928. The Balaban J connectivity index is 1.50. The molecule has 0 radical (unpaired) electrons. The first-order valence-corrected chi connectivity index (χ1v) is 18.4. The molecule has 0 amide bonds. The molecule has 0 bridgehead atoms. The van der Waals surface area contributed by atoms with Crippen molar-refractivity contribution in [2.75, 3.05) is 20.3 Å². The van der Waals surface area contributed by atoms with E-state index < -0.39 is 111 Å². The summed E-state index contributed by atoms with van der Waals surface area (Å²) in [5, 5.41) is 92.9. The first-order valence-electron chi connectivity index (χ1n) is 18.4. The number of phenolic OH excluding ortho intramolecular Hbond substituents is 3. The first kappa shape index (κ1) is 44.9. The van der Waals surface area contributed by atoms with Gasteiger partial charge in [0, 0.05) is 13.0 Å². The van der Waals surface area contributed by atoms with E-state index in [1.807, 2.05) is 0 Å². The molecule has 3 saturated heterocycles. The maximum absolute atomic E-state index is 13.6. The summed E-state index contributed by atoms with van der Waals surface area (Å²) < 4.78 is 52.2. The number of ether oxygens (including phenoxy) is 9. The second kappa shape index (κ2) is 19.7. The third-order valence-electron chi connectivity index (χ3n) is 9.81. The molecule has 20 heteroatoms. The minimum absolute atomic E-state index is 0.116. The number of aliphatic hydroxyl groups is 6. The van der Waals surface area contributed by atoms with E-state index in [4.69, 9.17) is 42.6 Å². The first-order chi connectivity index (χ1) is 27.5. The van der Waals surface area contributed by atoms with Gasteiger partial charge in [-0.2, -0.15) is 0 Å². The van der Waals surface area contributed by atoms with Crippen LogP contribution in [0.4, 0.5) is 0 Å². The summed E-state index contributed by atoms with van der Waals surface area (Å²) >= 11 is 0. The average molecular weight is 827 g/mol. The molecule has 9 N–H and O–H groups in total. The summed E-state index contributed by atoms with van der Waals surface area (Å²) in [6.45, 7) is 3.11. The van der Waals surface area contributed by atoms with Crippen LogP contribution >= 0.6 is 0 Å². The van der Waals surface area contributed by atoms with E-state index in [0.29, 0.717) is 11.1 Å². The smallest absolute Gasteiger partial charge is 0.331 e. The van der Waals surface area contributed by atoms with E-state index in [-0.39, 0.29) is 36.0 Å². The van der Waals surface area contributed by atoms with Crippen LogP contribution < -0.4 is 4.74 Å². The van der Waals surface area contributed by atoms with Crippen LogP contribution in [0.1, 0.15) is 31.9 Å². The number of aromatic hydroxyl groups is 3. The third-order valence-corrected chi connectivity index (χ3v) is 9.81. The van der Waals surface area contributed by atoms with Gasteiger partial charge in [-0.1, -0.05) is 12.1 Å². The number of hydrogen-bond donors (Lipinski definition) is 9. The zero-order valence-electron chi connectivity index (χ0n) is 31.9. The molecule has 0 aliphatic carbocycles. The molecule has 3 fully saturated rings. The number of benzene rings is 2. The molecule has 0 aromatic heterocycles. The van der Waals surface area contributed by atoms with Gasteiger partial charge in [-0.3, -0.25) is 4.79 Å².